The van der Waals surface area contributed by atoms with Crippen molar-refractivity contribution in [3.63, 3.8) is 0 Å². The van der Waals surface area contributed by atoms with Gasteiger partial charge in [0.15, 0.2) is 0 Å². The molecule has 1 fully saturated rings. The highest BCUT2D eigenvalue weighted by Crippen LogP contribution is 2.49. The molecule has 23 heavy (non-hydrogen) atoms. The number of nitrogens with two attached hydrogens (primary N) is 1. The molecule has 1 aromatic heterocycles. The summed E-state index contributed by atoms with van der Waals surface area (Å²) in [5, 5.41) is 7.40. The molecule has 6 nitrogen and oxygen atoms in total. The van der Waals surface area contributed by atoms with Gasteiger partial charge in [0.1, 0.15) is 5.54 Å². The molecule has 1 saturated carbocycles. The minimum Gasteiger partial charge on any atom is -0.378 e. The molecule has 1 aromatic rings. The molecule has 0 spiro atoms. The lowest BCUT2D eigenvalue weighted by molar-refractivity contribution is -0.170. The van der Waals surface area contributed by atoms with Crippen molar-refractivity contribution in [2.45, 2.75) is 59.1 Å². The summed E-state index contributed by atoms with van der Waals surface area (Å²) in [4.78, 5) is 12.6. The number of hydrogen-bond acceptors (Lipinski definition) is 4. The van der Waals surface area contributed by atoms with E-state index in [0.29, 0.717) is 19.6 Å². The number of aryl methyl sites for hydroxylation is 2. The number of carbonyl (C=O) groups excluding carboxylic acids is 1. The number of nitrogens with zero attached hydrogens (tertiary/aromatic N) is 2. The molecule has 1 aliphatic carbocycles. The first kappa shape index (κ1) is 17.9. The van der Waals surface area contributed by atoms with Gasteiger partial charge in [-0.1, -0.05) is 13.8 Å². The molecule has 0 radical (unpaired) electrons. The molecule has 3 N–H and O–H groups in total. The first-order valence-corrected chi connectivity index (χ1v) is 8.33. The van der Waals surface area contributed by atoms with Crippen LogP contribution in [-0.4, -0.2) is 40.5 Å². The molecule has 130 valence electrons. The lowest BCUT2D eigenvalue weighted by Gasteiger charge is -2.57. The molecule has 0 aromatic carbocycles. The Kier molecular flexibility index (Phi) is 4.87. The molecular weight excluding hydrogens is 292 g/mol. The fourth-order valence-electron chi connectivity index (χ4n) is 3.46. The van der Waals surface area contributed by atoms with Crippen molar-refractivity contribution < 1.29 is 9.53 Å². The van der Waals surface area contributed by atoms with Crippen LogP contribution < -0.4 is 11.1 Å². The fourth-order valence-corrected chi connectivity index (χ4v) is 3.46. The van der Waals surface area contributed by atoms with Crippen molar-refractivity contribution in [1.82, 2.24) is 15.1 Å². The minimum absolute atomic E-state index is 0.0473. The summed E-state index contributed by atoms with van der Waals surface area (Å²) in [6, 6.07) is 0. The van der Waals surface area contributed by atoms with E-state index < -0.39 is 5.54 Å². The second-order valence-electron chi connectivity index (χ2n) is 7.12. The predicted molar refractivity (Wildman–Crippen MR) is 90.1 cm³/mol. The second-order valence-corrected chi connectivity index (χ2v) is 7.12. The summed E-state index contributed by atoms with van der Waals surface area (Å²) in [6.45, 7) is 11.2. The minimum atomic E-state index is -0.855. The third-order valence-electron chi connectivity index (χ3n) is 5.55. The zero-order valence-corrected chi connectivity index (χ0v) is 15.2. The Bertz CT molecular complexity index is 594. The number of rotatable bonds is 6. The van der Waals surface area contributed by atoms with Crippen molar-refractivity contribution in [1.29, 1.82) is 0 Å². The van der Waals surface area contributed by atoms with E-state index in [-0.39, 0.29) is 17.4 Å². The van der Waals surface area contributed by atoms with Gasteiger partial charge in [-0.2, -0.15) is 5.10 Å². The van der Waals surface area contributed by atoms with E-state index in [0.717, 1.165) is 17.8 Å². The van der Waals surface area contributed by atoms with E-state index in [1.165, 1.54) is 5.56 Å². The van der Waals surface area contributed by atoms with Crippen molar-refractivity contribution in [2.24, 2.45) is 18.2 Å². The van der Waals surface area contributed by atoms with Crippen molar-refractivity contribution in [3.05, 3.63) is 17.0 Å². The summed E-state index contributed by atoms with van der Waals surface area (Å²) in [5.41, 5.74) is 8.52. The maximum atomic E-state index is 12.6. The van der Waals surface area contributed by atoms with E-state index >= 15 is 0 Å². The van der Waals surface area contributed by atoms with Crippen LogP contribution in [0.5, 0.6) is 0 Å². The molecule has 2 atom stereocenters. The quantitative estimate of drug-likeness (QED) is 0.825. The molecule has 0 saturated heterocycles. The van der Waals surface area contributed by atoms with Crippen LogP contribution in [0.15, 0.2) is 0 Å². The van der Waals surface area contributed by atoms with E-state index in [2.05, 4.69) is 10.4 Å². The molecule has 6 heteroatoms. The largest absolute Gasteiger partial charge is 0.378 e. The Labute approximate surface area is 138 Å². The molecule has 1 heterocycles. The molecule has 2 unspecified atom stereocenters. The van der Waals surface area contributed by atoms with Gasteiger partial charge < -0.3 is 15.8 Å². The van der Waals surface area contributed by atoms with Crippen molar-refractivity contribution in [2.75, 3.05) is 13.2 Å². The topological polar surface area (TPSA) is 82.2 Å². The van der Waals surface area contributed by atoms with Gasteiger partial charge in [-0.25, -0.2) is 0 Å². The molecule has 1 aliphatic rings. The molecular formula is C17H30N4O2. The summed E-state index contributed by atoms with van der Waals surface area (Å²) < 4.78 is 7.55. The maximum Gasteiger partial charge on any atom is 0.240 e. The monoisotopic (exact) mass is 322 g/mol. The van der Waals surface area contributed by atoms with Gasteiger partial charge in [-0.05, 0) is 32.8 Å². The molecule has 2 rings (SSSR count). The number of carbonyl (C=O) groups is 1. The van der Waals surface area contributed by atoms with Gasteiger partial charge in [0, 0.05) is 37.7 Å². The standard InChI is InChI=1S/C17H30N4O2/c1-7-23-14-10-17(18,16(14,4)5)15(22)19-9-8-13-11(2)20-21(6)12(13)3/h14H,7-10,18H2,1-6H3,(H,19,22). The second kappa shape index (κ2) is 6.24. The summed E-state index contributed by atoms with van der Waals surface area (Å²) in [7, 11) is 1.93. The summed E-state index contributed by atoms with van der Waals surface area (Å²) in [5.74, 6) is -0.0855. The first-order chi connectivity index (χ1) is 10.6. The van der Waals surface area contributed by atoms with Crippen LogP contribution in [0, 0.1) is 19.3 Å². The van der Waals surface area contributed by atoms with E-state index in [1.54, 1.807) is 0 Å². The van der Waals surface area contributed by atoms with Crippen molar-refractivity contribution >= 4 is 5.91 Å². The van der Waals surface area contributed by atoms with Gasteiger partial charge in [0.05, 0.1) is 11.8 Å². The lowest BCUT2D eigenvalue weighted by Crippen LogP contribution is -2.75. The Morgan fingerprint density at radius 3 is 2.61 bits per heavy atom. The van der Waals surface area contributed by atoms with Gasteiger partial charge in [0.2, 0.25) is 5.91 Å². The number of nitrogens with one attached hydrogen (secondary N) is 1. The number of aromatic nitrogens is 2. The Morgan fingerprint density at radius 2 is 2.13 bits per heavy atom. The highest BCUT2D eigenvalue weighted by molar-refractivity contribution is 5.88. The maximum absolute atomic E-state index is 12.6. The fraction of sp³-hybridized carbons (Fsp3) is 0.765. The summed E-state index contributed by atoms with van der Waals surface area (Å²) in [6.07, 6.45) is 1.39. The number of amides is 1. The van der Waals surface area contributed by atoms with Crippen molar-refractivity contribution in [3.8, 4) is 0 Å². The zero-order chi connectivity index (χ0) is 17.4. The SMILES string of the molecule is CCOC1CC(N)(C(=O)NCCc2c(C)nn(C)c2C)C1(C)C. The molecule has 1 amide bonds. The van der Waals surface area contributed by atoms with Gasteiger partial charge >= 0.3 is 0 Å². The predicted octanol–water partition coefficient (Wildman–Crippen LogP) is 1.23. The number of ether oxygens (including phenoxy) is 1. The smallest absolute Gasteiger partial charge is 0.240 e. The van der Waals surface area contributed by atoms with Crippen LogP contribution in [0.2, 0.25) is 0 Å². The van der Waals surface area contributed by atoms with E-state index in [1.807, 2.05) is 46.3 Å². The molecule has 0 aliphatic heterocycles. The average Bonchev–Trinajstić information content (AvgIpc) is 2.72. The Morgan fingerprint density at radius 1 is 1.48 bits per heavy atom. The summed E-state index contributed by atoms with van der Waals surface area (Å²) >= 11 is 0. The van der Waals surface area contributed by atoms with Crippen LogP contribution in [0.25, 0.3) is 0 Å². The van der Waals surface area contributed by atoms with Gasteiger partial charge in [-0.3, -0.25) is 9.48 Å². The third kappa shape index (κ3) is 2.90. The lowest BCUT2D eigenvalue weighted by atomic mass is 9.54. The van der Waals surface area contributed by atoms with Crippen LogP contribution in [0.3, 0.4) is 0 Å². The Hall–Kier alpha value is -1.40. The highest BCUT2D eigenvalue weighted by Gasteiger charge is 2.62. The first-order valence-electron chi connectivity index (χ1n) is 8.33. The van der Waals surface area contributed by atoms with Crippen LogP contribution >= 0.6 is 0 Å². The van der Waals surface area contributed by atoms with Crippen LogP contribution in [0.1, 0.15) is 44.1 Å². The normalized spacial score (nSPS) is 26.0. The van der Waals surface area contributed by atoms with Crippen LogP contribution in [-0.2, 0) is 23.0 Å². The third-order valence-corrected chi connectivity index (χ3v) is 5.55. The van der Waals surface area contributed by atoms with Crippen LogP contribution in [0.4, 0.5) is 0 Å². The van der Waals surface area contributed by atoms with E-state index in [4.69, 9.17) is 10.5 Å². The van der Waals surface area contributed by atoms with Gasteiger partial charge in [-0.15, -0.1) is 0 Å². The highest BCUT2D eigenvalue weighted by atomic mass is 16.5. The number of hydrogen-bond donors (Lipinski definition) is 2. The molecule has 0 bridgehead atoms. The average molecular weight is 322 g/mol. The zero-order valence-electron chi connectivity index (χ0n) is 15.2. The van der Waals surface area contributed by atoms with E-state index in [9.17, 15) is 4.79 Å². The Balaban J connectivity index is 1.93. The van der Waals surface area contributed by atoms with Gasteiger partial charge in [0.25, 0.3) is 0 Å².